The Balaban J connectivity index is 1.20. The van der Waals surface area contributed by atoms with E-state index in [0.717, 1.165) is 58.5 Å². The maximum atomic E-state index is 12.9. The molecule has 8 nitrogen and oxygen atoms in total. The quantitative estimate of drug-likeness (QED) is 0.495. The van der Waals surface area contributed by atoms with Gasteiger partial charge in [-0.25, -0.2) is 15.0 Å². The number of hydrogen-bond acceptors (Lipinski definition) is 8. The van der Waals surface area contributed by atoms with Crippen molar-refractivity contribution < 1.29 is 15.0 Å². The van der Waals surface area contributed by atoms with Gasteiger partial charge in [0, 0.05) is 43.7 Å². The number of carbonyl (C=O) groups excluding carboxylic acids is 1. The van der Waals surface area contributed by atoms with Gasteiger partial charge in [0.25, 0.3) is 0 Å². The number of carbonyl (C=O) groups is 1. The molecule has 0 radical (unpaired) electrons. The normalized spacial score (nSPS) is 24.8. The van der Waals surface area contributed by atoms with E-state index in [1.54, 1.807) is 22.4 Å². The van der Waals surface area contributed by atoms with Crippen molar-refractivity contribution in [3.63, 3.8) is 0 Å². The van der Waals surface area contributed by atoms with E-state index in [1.807, 2.05) is 43.5 Å². The Kier molecular flexibility index (Phi) is 7.08. The highest BCUT2D eigenvalue weighted by Crippen LogP contribution is 2.40. The van der Waals surface area contributed by atoms with Crippen molar-refractivity contribution in [3.05, 3.63) is 53.3 Å². The third kappa shape index (κ3) is 5.69. The zero-order chi connectivity index (χ0) is 24.4. The summed E-state index contributed by atoms with van der Waals surface area (Å²) in [6, 6.07) is 9.83. The minimum absolute atomic E-state index is 0.0390. The molecule has 9 heteroatoms. The van der Waals surface area contributed by atoms with E-state index < -0.39 is 12.2 Å². The second-order valence-electron chi connectivity index (χ2n) is 9.65. The number of aryl methyl sites for hydroxylation is 1. The molecule has 0 aromatic carbocycles. The fourth-order valence-electron chi connectivity index (χ4n) is 5.04. The summed E-state index contributed by atoms with van der Waals surface area (Å²) < 4.78 is 0. The molecule has 184 valence electrons. The van der Waals surface area contributed by atoms with Crippen LogP contribution in [-0.4, -0.2) is 61.3 Å². The lowest BCUT2D eigenvalue weighted by Crippen LogP contribution is -2.50. The maximum absolute atomic E-state index is 12.9. The molecular formula is C26H31N5O3S. The second-order valence-corrected chi connectivity index (χ2v) is 10.7. The average molecular weight is 494 g/mol. The smallest absolute Gasteiger partial charge is 0.225 e. The van der Waals surface area contributed by atoms with Crippen LogP contribution < -0.4 is 5.32 Å². The largest absolute Gasteiger partial charge is 0.391 e. The topological polar surface area (TPSA) is 111 Å². The highest BCUT2D eigenvalue weighted by Gasteiger charge is 2.34. The summed E-state index contributed by atoms with van der Waals surface area (Å²) in [5.74, 6) is 1.87. The first-order valence-electron chi connectivity index (χ1n) is 12.2. The molecule has 5 rings (SSSR count). The van der Waals surface area contributed by atoms with E-state index in [0.29, 0.717) is 25.4 Å². The molecule has 4 heterocycles. The standard InChI is InChI=1S/C26H31N5O3S/c1-16-9-10-27-24(11-16)30-23-4-2-3-21(29-23)22-13-28-25(35-22)17-5-7-18(8-6-17)26(34)31-14-19(32)12-20(33)15-31/h2-4,9-11,13,17-20,32-33H,5-8,12,14-15H2,1H3,(H,27,29,30)/t17?,18?,19-,20+. The van der Waals surface area contributed by atoms with Crippen LogP contribution in [0.25, 0.3) is 10.6 Å². The van der Waals surface area contributed by atoms with Crippen LogP contribution in [0.5, 0.6) is 0 Å². The molecule has 3 aromatic rings. The van der Waals surface area contributed by atoms with Crippen molar-refractivity contribution in [3.8, 4) is 10.6 Å². The minimum atomic E-state index is -0.636. The Hall–Kier alpha value is -2.88. The molecular weight excluding hydrogens is 462 g/mol. The highest BCUT2D eigenvalue weighted by atomic mass is 32.1. The Morgan fingerprint density at radius 2 is 1.83 bits per heavy atom. The van der Waals surface area contributed by atoms with Gasteiger partial charge in [-0.2, -0.15) is 0 Å². The van der Waals surface area contributed by atoms with E-state index in [9.17, 15) is 15.0 Å². The van der Waals surface area contributed by atoms with Gasteiger partial charge in [0.05, 0.1) is 27.8 Å². The predicted molar refractivity (Wildman–Crippen MR) is 136 cm³/mol. The molecule has 1 saturated heterocycles. The molecule has 1 saturated carbocycles. The number of rotatable bonds is 5. The number of aromatic nitrogens is 3. The van der Waals surface area contributed by atoms with E-state index in [4.69, 9.17) is 9.97 Å². The van der Waals surface area contributed by atoms with Crippen molar-refractivity contribution in [1.29, 1.82) is 0 Å². The number of aliphatic hydroxyl groups is 2. The first-order chi connectivity index (χ1) is 16.9. The lowest BCUT2D eigenvalue weighted by atomic mass is 9.81. The molecule has 1 amide bonds. The summed E-state index contributed by atoms with van der Waals surface area (Å²) in [6.07, 6.45) is 6.19. The Morgan fingerprint density at radius 1 is 1.06 bits per heavy atom. The summed E-state index contributed by atoms with van der Waals surface area (Å²) in [5.41, 5.74) is 2.01. The zero-order valence-electron chi connectivity index (χ0n) is 19.8. The minimum Gasteiger partial charge on any atom is -0.391 e. The van der Waals surface area contributed by atoms with Crippen LogP contribution in [0.3, 0.4) is 0 Å². The van der Waals surface area contributed by atoms with Crippen LogP contribution in [0.4, 0.5) is 11.6 Å². The molecule has 2 aliphatic rings. The number of hydrogen-bond donors (Lipinski definition) is 3. The van der Waals surface area contributed by atoms with Gasteiger partial charge in [-0.3, -0.25) is 4.79 Å². The number of anilines is 2. The van der Waals surface area contributed by atoms with Crippen LogP contribution in [0, 0.1) is 12.8 Å². The van der Waals surface area contributed by atoms with Crippen molar-refractivity contribution >= 4 is 28.9 Å². The fourth-order valence-corrected chi connectivity index (χ4v) is 6.10. The highest BCUT2D eigenvalue weighted by molar-refractivity contribution is 7.15. The molecule has 1 aliphatic heterocycles. The molecule has 35 heavy (non-hydrogen) atoms. The number of pyridine rings is 2. The van der Waals surface area contributed by atoms with Crippen LogP contribution in [0.2, 0.25) is 0 Å². The van der Waals surface area contributed by atoms with E-state index in [2.05, 4.69) is 10.3 Å². The molecule has 2 fully saturated rings. The molecule has 2 atom stereocenters. The van der Waals surface area contributed by atoms with Crippen molar-refractivity contribution in [2.24, 2.45) is 5.92 Å². The predicted octanol–water partition coefficient (Wildman–Crippen LogP) is 3.88. The molecule has 3 N–H and O–H groups in total. The number of nitrogens with one attached hydrogen (secondary N) is 1. The molecule has 0 spiro atoms. The number of likely N-dealkylation sites (tertiary alicyclic amines) is 1. The molecule has 0 bridgehead atoms. The number of piperidine rings is 1. The van der Waals surface area contributed by atoms with Crippen LogP contribution >= 0.6 is 11.3 Å². The first-order valence-corrected chi connectivity index (χ1v) is 13.0. The van der Waals surface area contributed by atoms with Crippen molar-refractivity contribution in [1.82, 2.24) is 19.9 Å². The number of β-amino-alcohol motifs (C(OH)–C–C–N with tert-alkyl or cyclic N) is 2. The van der Waals surface area contributed by atoms with Gasteiger partial charge < -0.3 is 20.4 Å². The maximum Gasteiger partial charge on any atom is 0.225 e. The van der Waals surface area contributed by atoms with Crippen LogP contribution in [-0.2, 0) is 4.79 Å². The zero-order valence-corrected chi connectivity index (χ0v) is 20.6. The van der Waals surface area contributed by atoms with Gasteiger partial charge in [-0.1, -0.05) is 6.07 Å². The van der Waals surface area contributed by atoms with E-state index in [-0.39, 0.29) is 11.8 Å². The summed E-state index contributed by atoms with van der Waals surface area (Å²) in [7, 11) is 0. The summed E-state index contributed by atoms with van der Waals surface area (Å²) in [4.78, 5) is 29.4. The van der Waals surface area contributed by atoms with Crippen LogP contribution in [0.1, 0.15) is 48.6 Å². The molecule has 1 aliphatic carbocycles. The van der Waals surface area contributed by atoms with Gasteiger partial charge in [-0.05, 0) is 62.4 Å². The first kappa shape index (κ1) is 23.8. The van der Waals surface area contributed by atoms with Gasteiger partial charge in [0.15, 0.2) is 0 Å². The Labute approximate surface area is 209 Å². The second kappa shape index (κ2) is 10.4. The lowest BCUT2D eigenvalue weighted by Gasteiger charge is -2.37. The third-order valence-electron chi connectivity index (χ3n) is 6.84. The van der Waals surface area contributed by atoms with E-state index >= 15 is 0 Å². The summed E-state index contributed by atoms with van der Waals surface area (Å²) in [6.45, 7) is 2.68. The van der Waals surface area contributed by atoms with Crippen molar-refractivity contribution in [2.75, 3.05) is 18.4 Å². The average Bonchev–Trinajstić information content (AvgIpc) is 3.34. The van der Waals surface area contributed by atoms with Crippen LogP contribution in [0.15, 0.2) is 42.7 Å². The molecule has 3 aromatic heterocycles. The van der Waals surface area contributed by atoms with Gasteiger partial charge in [0.2, 0.25) is 5.91 Å². The summed E-state index contributed by atoms with van der Waals surface area (Å²) >= 11 is 1.67. The number of amides is 1. The number of thiazole rings is 1. The van der Waals surface area contributed by atoms with E-state index in [1.165, 1.54) is 0 Å². The lowest BCUT2D eigenvalue weighted by molar-refractivity contribution is -0.143. The third-order valence-corrected chi connectivity index (χ3v) is 8.02. The summed E-state index contributed by atoms with van der Waals surface area (Å²) in [5, 5.41) is 24.2. The van der Waals surface area contributed by atoms with Gasteiger partial charge >= 0.3 is 0 Å². The SMILES string of the molecule is Cc1ccnc(Nc2cccc(-c3cnc(C4CCC(C(=O)N5C[C@H](O)C[C@H](O)C5)CC4)s3)n2)c1. The van der Waals surface area contributed by atoms with Gasteiger partial charge in [0.1, 0.15) is 11.6 Å². The number of aliphatic hydroxyl groups excluding tert-OH is 2. The monoisotopic (exact) mass is 493 g/mol. The van der Waals surface area contributed by atoms with Crippen molar-refractivity contribution in [2.45, 2.75) is 57.2 Å². The Morgan fingerprint density at radius 3 is 2.57 bits per heavy atom. The van der Waals surface area contributed by atoms with Gasteiger partial charge in [-0.15, -0.1) is 11.3 Å². The number of nitrogens with zero attached hydrogens (tertiary/aromatic N) is 4. The fraction of sp³-hybridized carbons (Fsp3) is 0.462. The Bertz CT molecular complexity index is 1170. The molecule has 0 unspecified atom stereocenters.